The molecule has 0 saturated heterocycles. The van der Waals surface area contributed by atoms with Gasteiger partial charge in [0.05, 0.1) is 12.2 Å². The molecule has 2 aromatic heterocycles. The third kappa shape index (κ3) is 3.74. The van der Waals surface area contributed by atoms with E-state index in [4.69, 9.17) is 4.74 Å². The van der Waals surface area contributed by atoms with Gasteiger partial charge in [0.1, 0.15) is 6.04 Å². The lowest BCUT2D eigenvalue weighted by molar-refractivity contribution is -0.139. The highest BCUT2D eigenvalue weighted by Crippen LogP contribution is 2.38. The van der Waals surface area contributed by atoms with E-state index in [1.807, 2.05) is 24.4 Å². The number of carbonyl (C=O) groups excluding carboxylic acids is 1. The van der Waals surface area contributed by atoms with Crippen molar-refractivity contribution in [2.75, 3.05) is 17.7 Å². The first kappa shape index (κ1) is 18.0. The molecule has 0 aliphatic carbocycles. The second kappa shape index (κ2) is 8.05. The van der Waals surface area contributed by atoms with E-state index in [2.05, 4.69) is 29.2 Å². The summed E-state index contributed by atoms with van der Waals surface area (Å²) >= 11 is 3.18. The molecule has 0 spiro atoms. The summed E-state index contributed by atoms with van der Waals surface area (Å²) in [7, 11) is 0. The highest BCUT2D eigenvalue weighted by molar-refractivity contribution is 7.99. The molecule has 0 radical (unpaired) electrons. The predicted octanol–water partition coefficient (Wildman–Crippen LogP) is 4.08. The molecular formula is C17H22N4O2S2. The van der Waals surface area contributed by atoms with Crippen molar-refractivity contribution in [3.63, 3.8) is 0 Å². The van der Waals surface area contributed by atoms with Crippen molar-refractivity contribution in [3.05, 3.63) is 33.7 Å². The van der Waals surface area contributed by atoms with Crippen LogP contribution >= 0.6 is 23.1 Å². The molecule has 0 amide bonds. The van der Waals surface area contributed by atoms with Crippen LogP contribution < -0.4 is 5.32 Å². The molecule has 2 aromatic rings. The molecule has 1 N–H and O–H groups in total. The fourth-order valence-electron chi connectivity index (χ4n) is 2.68. The van der Waals surface area contributed by atoms with E-state index in [0.717, 1.165) is 29.2 Å². The van der Waals surface area contributed by atoms with E-state index in [0.29, 0.717) is 23.3 Å². The number of thioether (sulfide) groups is 1. The molecule has 25 heavy (non-hydrogen) atoms. The Morgan fingerprint density at radius 1 is 1.48 bits per heavy atom. The van der Waals surface area contributed by atoms with Crippen LogP contribution in [0.4, 0.5) is 5.95 Å². The first-order valence-corrected chi connectivity index (χ1v) is 10.3. The van der Waals surface area contributed by atoms with Gasteiger partial charge < -0.3 is 10.1 Å². The number of thiophene rings is 1. The van der Waals surface area contributed by atoms with E-state index in [1.165, 1.54) is 0 Å². The quantitative estimate of drug-likeness (QED) is 0.445. The number of hydrogen-bond donors (Lipinski definition) is 1. The van der Waals surface area contributed by atoms with Crippen molar-refractivity contribution >= 4 is 35.0 Å². The smallest absolute Gasteiger partial charge is 0.338 e. The number of esters is 1. The number of anilines is 1. The minimum absolute atomic E-state index is 0.289. The Kier molecular flexibility index (Phi) is 5.80. The number of aromatic nitrogens is 3. The van der Waals surface area contributed by atoms with Crippen molar-refractivity contribution in [2.45, 2.75) is 44.8 Å². The van der Waals surface area contributed by atoms with Gasteiger partial charge in [0.15, 0.2) is 0 Å². The van der Waals surface area contributed by atoms with E-state index in [1.54, 1.807) is 27.8 Å². The maximum absolute atomic E-state index is 12.7. The molecule has 0 aromatic carbocycles. The van der Waals surface area contributed by atoms with Gasteiger partial charge in [-0.05, 0) is 30.5 Å². The fraction of sp³-hybridized carbons (Fsp3) is 0.471. The third-order valence-electron chi connectivity index (χ3n) is 3.87. The van der Waals surface area contributed by atoms with Gasteiger partial charge in [-0.3, -0.25) is 0 Å². The summed E-state index contributed by atoms with van der Waals surface area (Å²) in [5, 5.41) is 10.5. The van der Waals surface area contributed by atoms with Gasteiger partial charge in [0.25, 0.3) is 0 Å². The summed E-state index contributed by atoms with van der Waals surface area (Å²) in [6.45, 7) is 6.46. The van der Waals surface area contributed by atoms with Crippen LogP contribution in [0.25, 0.3) is 0 Å². The van der Waals surface area contributed by atoms with E-state index >= 15 is 0 Å². The van der Waals surface area contributed by atoms with Crippen LogP contribution in [0, 0.1) is 0 Å². The zero-order valence-electron chi connectivity index (χ0n) is 14.6. The molecule has 3 rings (SSSR count). The van der Waals surface area contributed by atoms with Gasteiger partial charge in [-0.25, -0.2) is 9.48 Å². The second-order valence-corrected chi connectivity index (χ2v) is 7.88. The molecule has 6 nitrogen and oxygen atoms in total. The SMILES string of the molecule is CCCCOC(=O)C1=C(C)Nc2nc(SCC)nn2C1c1cccs1. The van der Waals surface area contributed by atoms with Crippen molar-refractivity contribution in [3.8, 4) is 0 Å². The maximum atomic E-state index is 12.7. The lowest BCUT2D eigenvalue weighted by atomic mass is 10.0. The van der Waals surface area contributed by atoms with E-state index in [9.17, 15) is 4.79 Å². The molecule has 1 aliphatic rings. The summed E-state index contributed by atoms with van der Waals surface area (Å²) in [5.41, 5.74) is 1.37. The Morgan fingerprint density at radius 3 is 3.00 bits per heavy atom. The molecule has 3 heterocycles. The summed E-state index contributed by atoms with van der Waals surface area (Å²) in [6.07, 6.45) is 1.85. The predicted molar refractivity (Wildman–Crippen MR) is 101 cm³/mol. The number of allylic oxidation sites excluding steroid dienone is 1. The molecule has 1 aliphatic heterocycles. The van der Waals surface area contributed by atoms with Gasteiger partial charge in [-0.15, -0.1) is 16.4 Å². The van der Waals surface area contributed by atoms with Crippen LogP contribution in [-0.2, 0) is 9.53 Å². The zero-order valence-corrected chi connectivity index (χ0v) is 16.2. The van der Waals surface area contributed by atoms with E-state index in [-0.39, 0.29) is 12.0 Å². The van der Waals surface area contributed by atoms with Crippen LogP contribution in [0.5, 0.6) is 0 Å². The maximum Gasteiger partial charge on any atom is 0.338 e. The first-order valence-electron chi connectivity index (χ1n) is 8.43. The van der Waals surface area contributed by atoms with Crippen LogP contribution in [0.1, 0.15) is 44.5 Å². The number of fused-ring (bicyclic) bond motifs is 1. The number of nitrogens with zero attached hydrogens (tertiary/aromatic N) is 3. The van der Waals surface area contributed by atoms with Crippen molar-refractivity contribution < 1.29 is 9.53 Å². The molecule has 0 saturated carbocycles. The molecule has 0 bridgehead atoms. The number of carbonyl (C=O) groups is 1. The second-order valence-electron chi connectivity index (χ2n) is 5.67. The molecule has 1 atom stereocenters. The molecule has 1 unspecified atom stereocenters. The summed E-state index contributed by atoms with van der Waals surface area (Å²) < 4.78 is 7.29. The lowest BCUT2D eigenvalue weighted by Gasteiger charge is -2.27. The zero-order chi connectivity index (χ0) is 17.8. The monoisotopic (exact) mass is 378 g/mol. The van der Waals surface area contributed by atoms with Crippen LogP contribution in [-0.4, -0.2) is 33.1 Å². The Morgan fingerprint density at radius 2 is 2.32 bits per heavy atom. The summed E-state index contributed by atoms with van der Waals surface area (Å²) in [4.78, 5) is 18.3. The molecule has 8 heteroatoms. The third-order valence-corrected chi connectivity index (χ3v) is 5.51. The van der Waals surface area contributed by atoms with Crippen molar-refractivity contribution in [1.29, 1.82) is 0 Å². The van der Waals surface area contributed by atoms with Crippen molar-refractivity contribution in [1.82, 2.24) is 14.8 Å². The topological polar surface area (TPSA) is 69.0 Å². The Balaban J connectivity index is 1.98. The van der Waals surface area contributed by atoms with E-state index < -0.39 is 0 Å². The standard InChI is InChI=1S/C17H22N4O2S2/c1-4-6-9-23-15(22)13-11(3)18-16-19-17(24-5-2)20-21(16)14(13)12-8-7-10-25-12/h7-8,10,14H,4-6,9H2,1-3H3,(H,18,19,20). The number of hydrogen-bond acceptors (Lipinski definition) is 7. The minimum atomic E-state index is -0.302. The summed E-state index contributed by atoms with van der Waals surface area (Å²) in [6, 6.07) is 3.70. The van der Waals surface area contributed by atoms with Gasteiger partial charge in [0, 0.05) is 10.6 Å². The van der Waals surface area contributed by atoms with Crippen LogP contribution in [0.2, 0.25) is 0 Å². The van der Waals surface area contributed by atoms with Gasteiger partial charge in [-0.1, -0.05) is 38.1 Å². The van der Waals surface area contributed by atoms with Crippen molar-refractivity contribution in [2.24, 2.45) is 0 Å². The number of nitrogens with one attached hydrogen (secondary N) is 1. The largest absolute Gasteiger partial charge is 0.462 e. The van der Waals surface area contributed by atoms with Gasteiger partial charge in [0.2, 0.25) is 11.1 Å². The molecular weight excluding hydrogens is 356 g/mol. The Labute approximate surface area is 155 Å². The van der Waals surface area contributed by atoms with Crippen LogP contribution in [0.15, 0.2) is 33.9 Å². The number of unbranched alkanes of at least 4 members (excludes halogenated alkanes) is 1. The normalized spacial score (nSPS) is 16.5. The Bertz CT molecular complexity index is 768. The van der Waals surface area contributed by atoms with Crippen LogP contribution in [0.3, 0.4) is 0 Å². The molecule has 134 valence electrons. The average Bonchev–Trinajstić information content (AvgIpc) is 3.23. The number of rotatable bonds is 7. The Hall–Kier alpha value is -1.80. The molecule has 0 fully saturated rings. The summed E-state index contributed by atoms with van der Waals surface area (Å²) in [5.74, 6) is 1.27. The number of ether oxygens (including phenoxy) is 1. The lowest BCUT2D eigenvalue weighted by Crippen LogP contribution is -2.29. The highest BCUT2D eigenvalue weighted by atomic mass is 32.2. The minimum Gasteiger partial charge on any atom is -0.462 e. The first-order chi connectivity index (χ1) is 12.2. The van der Waals surface area contributed by atoms with Gasteiger partial charge >= 0.3 is 5.97 Å². The fourth-order valence-corrected chi connectivity index (χ4v) is 4.06. The highest BCUT2D eigenvalue weighted by Gasteiger charge is 2.35. The van der Waals surface area contributed by atoms with Gasteiger partial charge in [-0.2, -0.15) is 4.98 Å². The average molecular weight is 379 g/mol.